The fourth-order valence-electron chi connectivity index (χ4n) is 1.81. The Bertz CT molecular complexity index is 371. The molecule has 4 nitrogen and oxygen atoms in total. The molecule has 0 aromatic carbocycles. The lowest BCUT2D eigenvalue weighted by Gasteiger charge is -2.18. The van der Waals surface area contributed by atoms with Gasteiger partial charge in [-0.3, -0.25) is 4.79 Å². The third kappa shape index (κ3) is 2.65. The molecule has 88 valence electrons. The summed E-state index contributed by atoms with van der Waals surface area (Å²) < 4.78 is 11.1. The first-order valence-electron chi connectivity index (χ1n) is 5.25. The van der Waals surface area contributed by atoms with Crippen molar-refractivity contribution in [2.75, 3.05) is 26.8 Å². The van der Waals surface area contributed by atoms with Crippen LogP contribution in [-0.2, 0) is 4.74 Å². The van der Waals surface area contributed by atoms with Gasteiger partial charge in [-0.2, -0.15) is 0 Å². The zero-order valence-electron chi connectivity index (χ0n) is 9.11. The van der Waals surface area contributed by atoms with E-state index in [4.69, 9.17) is 9.15 Å². The van der Waals surface area contributed by atoms with Gasteiger partial charge < -0.3 is 14.1 Å². The fourth-order valence-corrected chi connectivity index (χ4v) is 2.12. The molecule has 1 atom stereocenters. The highest BCUT2D eigenvalue weighted by molar-refractivity contribution is 9.10. The predicted molar refractivity (Wildman–Crippen MR) is 62.3 cm³/mol. The molecule has 1 aliphatic heterocycles. The standard InChI is InChI=1S/C11H14BrNO3/c1-13(6-8-4-5-15-7-8)11(14)9-2-3-10(12)16-9/h2-3,8H,4-7H2,1H3. The molecule has 0 radical (unpaired) electrons. The lowest BCUT2D eigenvalue weighted by molar-refractivity contribution is 0.0733. The van der Waals surface area contributed by atoms with E-state index in [0.29, 0.717) is 16.3 Å². The number of nitrogens with zero attached hydrogens (tertiary/aromatic N) is 1. The molecular weight excluding hydrogens is 274 g/mol. The van der Waals surface area contributed by atoms with Crippen molar-refractivity contribution >= 4 is 21.8 Å². The van der Waals surface area contributed by atoms with Crippen molar-refractivity contribution in [1.82, 2.24) is 4.90 Å². The highest BCUT2D eigenvalue weighted by atomic mass is 79.9. The van der Waals surface area contributed by atoms with E-state index in [2.05, 4.69) is 15.9 Å². The molecule has 1 saturated heterocycles. The highest BCUT2D eigenvalue weighted by Crippen LogP contribution is 2.17. The van der Waals surface area contributed by atoms with Crippen LogP contribution >= 0.6 is 15.9 Å². The van der Waals surface area contributed by atoms with Gasteiger partial charge in [0.05, 0.1) is 6.61 Å². The summed E-state index contributed by atoms with van der Waals surface area (Å²) in [5.74, 6) is 0.734. The monoisotopic (exact) mass is 287 g/mol. The summed E-state index contributed by atoms with van der Waals surface area (Å²) in [6.45, 7) is 2.27. The molecule has 0 spiro atoms. The topological polar surface area (TPSA) is 42.7 Å². The summed E-state index contributed by atoms with van der Waals surface area (Å²) >= 11 is 3.18. The molecule has 0 bridgehead atoms. The Morgan fingerprint density at radius 2 is 2.44 bits per heavy atom. The third-order valence-corrected chi connectivity index (χ3v) is 3.11. The summed E-state index contributed by atoms with van der Waals surface area (Å²) in [5.41, 5.74) is 0. The molecule has 0 saturated carbocycles. The molecule has 1 unspecified atom stereocenters. The van der Waals surface area contributed by atoms with Gasteiger partial charge in [0.15, 0.2) is 10.4 Å². The van der Waals surface area contributed by atoms with Crippen LogP contribution in [0.3, 0.4) is 0 Å². The molecule has 1 fully saturated rings. The molecule has 1 aliphatic rings. The van der Waals surface area contributed by atoms with Crippen molar-refractivity contribution in [2.24, 2.45) is 5.92 Å². The van der Waals surface area contributed by atoms with E-state index in [0.717, 1.165) is 26.2 Å². The number of carbonyl (C=O) groups is 1. The summed E-state index contributed by atoms with van der Waals surface area (Å²) in [6, 6.07) is 3.40. The second kappa shape index (κ2) is 5.01. The maximum absolute atomic E-state index is 11.9. The van der Waals surface area contributed by atoms with Crippen LogP contribution in [0.15, 0.2) is 21.2 Å². The van der Waals surface area contributed by atoms with Gasteiger partial charge in [-0.15, -0.1) is 0 Å². The Morgan fingerprint density at radius 3 is 3.00 bits per heavy atom. The molecule has 1 aromatic rings. The van der Waals surface area contributed by atoms with Crippen molar-refractivity contribution in [3.63, 3.8) is 0 Å². The van der Waals surface area contributed by atoms with Gasteiger partial charge in [-0.05, 0) is 34.5 Å². The largest absolute Gasteiger partial charge is 0.444 e. The fraction of sp³-hybridized carbons (Fsp3) is 0.545. The second-order valence-corrected chi connectivity index (χ2v) is 4.80. The zero-order valence-corrected chi connectivity index (χ0v) is 10.7. The van der Waals surface area contributed by atoms with E-state index < -0.39 is 0 Å². The molecule has 0 aliphatic carbocycles. The Labute approximate surface area is 103 Å². The molecule has 0 N–H and O–H groups in total. The Hall–Kier alpha value is -0.810. The van der Waals surface area contributed by atoms with Gasteiger partial charge >= 0.3 is 0 Å². The van der Waals surface area contributed by atoms with Crippen LogP contribution in [0.4, 0.5) is 0 Å². The number of ether oxygens (including phenoxy) is 1. The summed E-state index contributed by atoms with van der Waals surface area (Å²) in [5, 5.41) is 0. The van der Waals surface area contributed by atoms with E-state index in [1.807, 2.05) is 0 Å². The summed E-state index contributed by atoms with van der Waals surface area (Å²) in [7, 11) is 1.79. The minimum absolute atomic E-state index is 0.0856. The van der Waals surface area contributed by atoms with Crippen LogP contribution < -0.4 is 0 Å². The van der Waals surface area contributed by atoms with Gasteiger partial charge in [0.1, 0.15) is 0 Å². The van der Waals surface area contributed by atoms with Crippen molar-refractivity contribution < 1.29 is 13.9 Å². The van der Waals surface area contributed by atoms with Gasteiger partial charge in [0.2, 0.25) is 0 Å². The molecular formula is C11H14BrNO3. The minimum Gasteiger partial charge on any atom is -0.444 e. The maximum Gasteiger partial charge on any atom is 0.289 e. The van der Waals surface area contributed by atoms with Crippen LogP contribution in [0.5, 0.6) is 0 Å². The van der Waals surface area contributed by atoms with Crippen molar-refractivity contribution in [1.29, 1.82) is 0 Å². The Balaban J connectivity index is 1.93. The average molecular weight is 288 g/mol. The van der Waals surface area contributed by atoms with Crippen molar-refractivity contribution in [3.8, 4) is 0 Å². The minimum atomic E-state index is -0.0856. The molecule has 2 heterocycles. The van der Waals surface area contributed by atoms with Gasteiger partial charge in [-0.1, -0.05) is 0 Å². The quantitative estimate of drug-likeness (QED) is 0.856. The third-order valence-electron chi connectivity index (χ3n) is 2.69. The van der Waals surface area contributed by atoms with Gasteiger partial charge in [0.25, 0.3) is 5.91 Å². The average Bonchev–Trinajstić information content (AvgIpc) is 2.88. The highest BCUT2D eigenvalue weighted by Gasteiger charge is 2.22. The molecule has 5 heteroatoms. The van der Waals surface area contributed by atoms with E-state index in [9.17, 15) is 4.79 Å². The lowest BCUT2D eigenvalue weighted by atomic mass is 10.1. The molecule has 16 heavy (non-hydrogen) atoms. The van der Waals surface area contributed by atoms with Crippen LogP contribution in [-0.4, -0.2) is 37.6 Å². The number of furan rings is 1. The first-order valence-corrected chi connectivity index (χ1v) is 6.04. The van der Waals surface area contributed by atoms with Crippen LogP contribution in [0.1, 0.15) is 17.0 Å². The van der Waals surface area contributed by atoms with Crippen LogP contribution in [0.2, 0.25) is 0 Å². The molecule has 1 amide bonds. The normalized spacial score (nSPS) is 20.0. The number of rotatable bonds is 3. The number of hydrogen-bond acceptors (Lipinski definition) is 3. The predicted octanol–water partition coefficient (Wildman–Crippen LogP) is 2.15. The zero-order chi connectivity index (χ0) is 11.5. The first-order chi connectivity index (χ1) is 7.66. The number of carbonyl (C=O) groups excluding carboxylic acids is 1. The van der Waals surface area contributed by atoms with E-state index in [1.54, 1.807) is 24.1 Å². The summed E-state index contributed by atoms with van der Waals surface area (Å²) in [4.78, 5) is 13.6. The van der Waals surface area contributed by atoms with E-state index >= 15 is 0 Å². The lowest BCUT2D eigenvalue weighted by Crippen LogP contribution is -2.31. The van der Waals surface area contributed by atoms with Crippen LogP contribution in [0, 0.1) is 5.92 Å². The van der Waals surface area contributed by atoms with E-state index in [-0.39, 0.29) is 5.91 Å². The maximum atomic E-state index is 11.9. The second-order valence-electron chi connectivity index (χ2n) is 4.02. The van der Waals surface area contributed by atoms with Crippen molar-refractivity contribution in [3.05, 3.63) is 22.6 Å². The van der Waals surface area contributed by atoms with Crippen molar-refractivity contribution in [2.45, 2.75) is 6.42 Å². The Kier molecular flexibility index (Phi) is 3.66. The first kappa shape index (κ1) is 11.7. The SMILES string of the molecule is CN(CC1CCOC1)C(=O)c1ccc(Br)o1. The molecule has 1 aromatic heterocycles. The Morgan fingerprint density at radius 1 is 1.62 bits per heavy atom. The number of halogens is 1. The molecule has 2 rings (SSSR count). The smallest absolute Gasteiger partial charge is 0.289 e. The van der Waals surface area contributed by atoms with Crippen LogP contribution in [0.25, 0.3) is 0 Å². The number of hydrogen-bond donors (Lipinski definition) is 0. The van der Waals surface area contributed by atoms with Gasteiger partial charge in [0, 0.05) is 26.1 Å². The van der Waals surface area contributed by atoms with E-state index in [1.165, 1.54) is 0 Å². The number of amides is 1. The van der Waals surface area contributed by atoms with Gasteiger partial charge in [-0.25, -0.2) is 0 Å². The summed E-state index contributed by atoms with van der Waals surface area (Å²) in [6.07, 6.45) is 1.03.